The summed E-state index contributed by atoms with van der Waals surface area (Å²) in [6, 6.07) is 11.6. The second kappa shape index (κ2) is 8.97. The first-order valence-corrected chi connectivity index (χ1v) is 9.62. The van der Waals surface area contributed by atoms with Gasteiger partial charge in [0.2, 0.25) is 0 Å². The van der Waals surface area contributed by atoms with Gasteiger partial charge in [-0.3, -0.25) is 4.79 Å². The number of rotatable bonds is 6. The van der Waals surface area contributed by atoms with Crippen LogP contribution in [-0.2, 0) is 0 Å². The molecule has 6 heteroatoms. The number of aryl methyl sites for hydroxylation is 1. The van der Waals surface area contributed by atoms with Gasteiger partial charge in [-0.2, -0.15) is 0 Å². The normalized spacial score (nSPS) is 15.1. The fraction of sp³-hybridized carbons (Fsp3) is 0.409. The van der Waals surface area contributed by atoms with Crippen LogP contribution in [0, 0.1) is 6.92 Å². The van der Waals surface area contributed by atoms with Crippen molar-refractivity contribution in [2.24, 2.45) is 0 Å². The predicted molar refractivity (Wildman–Crippen MR) is 112 cm³/mol. The smallest absolute Gasteiger partial charge is 0.252 e. The zero-order valence-corrected chi connectivity index (χ0v) is 17.0. The molecule has 0 aliphatic carbocycles. The van der Waals surface area contributed by atoms with Gasteiger partial charge < -0.3 is 25.0 Å². The molecule has 0 radical (unpaired) electrons. The minimum atomic E-state index is -0.158. The topological polar surface area (TPSA) is 62.8 Å². The summed E-state index contributed by atoms with van der Waals surface area (Å²) < 4.78 is 10.7. The largest absolute Gasteiger partial charge is 0.493 e. The van der Waals surface area contributed by atoms with E-state index in [4.69, 9.17) is 9.47 Å². The van der Waals surface area contributed by atoms with E-state index in [1.54, 1.807) is 14.2 Å². The molecule has 1 saturated heterocycles. The minimum absolute atomic E-state index is 0.0724. The highest BCUT2D eigenvalue weighted by atomic mass is 16.5. The van der Waals surface area contributed by atoms with Gasteiger partial charge in [-0.05, 0) is 49.2 Å². The summed E-state index contributed by atoms with van der Waals surface area (Å²) in [5, 5.41) is 6.46. The summed E-state index contributed by atoms with van der Waals surface area (Å²) in [4.78, 5) is 15.3. The molecule has 150 valence electrons. The molecule has 0 spiro atoms. The number of ether oxygens (including phenoxy) is 2. The van der Waals surface area contributed by atoms with Crippen LogP contribution in [-0.4, -0.2) is 46.3 Å². The maximum absolute atomic E-state index is 13.0. The third-order valence-electron chi connectivity index (χ3n) is 5.20. The van der Waals surface area contributed by atoms with Gasteiger partial charge in [0, 0.05) is 37.4 Å². The van der Waals surface area contributed by atoms with Gasteiger partial charge in [0.1, 0.15) is 0 Å². The highest BCUT2D eigenvalue weighted by Gasteiger charge is 2.18. The van der Waals surface area contributed by atoms with Crippen molar-refractivity contribution in [2.45, 2.75) is 19.9 Å². The molecule has 0 bridgehead atoms. The molecule has 2 N–H and O–H groups in total. The van der Waals surface area contributed by atoms with Gasteiger partial charge >= 0.3 is 0 Å². The Bertz CT molecular complexity index is 832. The predicted octanol–water partition coefficient (Wildman–Crippen LogP) is 2.91. The Morgan fingerprint density at radius 3 is 2.46 bits per heavy atom. The fourth-order valence-corrected chi connectivity index (χ4v) is 3.45. The Morgan fingerprint density at radius 2 is 1.79 bits per heavy atom. The molecule has 1 fully saturated rings. The summed E-state index contributed by atoms with van der Waals surface area (Å²) in [5.41, 5.74) is 3.73. The Labute approximate surface area is 166 Å². The lowest BCUT2D eigenvalue weighted by molar-refractivity contribution is 0.0939. The molecule has 1 atom stereocenters. The summed E-state index contributed by atoms with van der Waals surface area (Å²) in [7, 11) is 3.22. The van der Waals surface area contributed by atoms with E-state index in [2.05, 4.69) is 21.6 Å². The molecule has 6 nitrogen and oxygen atoms in total. The number of hydrogen-bond donors (Lipinski definition) is 2. The molecule has 1 amide bonds. The fourth-order valence-electron chi connectivity index (χ4n) is 3.45. The first kappa shape index (κ1) is 20.0. The highest BCUT2D eigenvalue weighted by Crippen LogP contribution is 2.30. The van der Waals surface area contributed by atoms with E-state index in [0.717, 1.165) is 43.0 Å². The quantitative estimate of drug-likeness (QED) is 0.803. The van der Waals surface area contributed by atoms with E-state index >= 15 is 0 Å². The first-order chi connectivity index (χ1) is 13.5. The van der Waals surface area contributed by atoms with E-state index < -0.39 is 0 Å². The zero-order valence-electron chi connectivity index (χ0n) is 17.0. The van der Waals surface area contributed by atoms with Gasteiger partial charge in [-0.15, -0.1) is 0 Å². The number of anilines is 1. The molecule has 1 aliphatic heterocycles. The van der Waals surface area contributed by atoms with Crippen LogP contribution in [0.4, 0.5) is 5.69 Å². The number of carbonyl (C=O) groups is 1. The van der Waals surface area contributed by atoms with E-state index in [0.29, 0.717) is 17.1 Å². The van der Waals surface area contributed by atoms with Crippen LogP contribution in [0.1, 0.15) is 34.5 Å². The van der Waals surface area contributed by atoms with Crippen molar-refractivity contribution in [1.82, 2.24) is 10.6 Å². The van der Waals surface area contributed by atoms with Gasteiger partial charge in [0.15, 0.2) is 11.5 Å². The number of carbonyl (C=O) groups excluding carboxylic acids is 1. The molecule has 2 aromatic rings. The first-order valence-electron chi connectivity index (χ1n) is 9.62. The molecule has 0 aromatic heterocycles. The average Bonchev–Trinajstić information content (AvgIpc) is 2.74. The average molecular weight is 383 g/mol. The number of benzene rings is 2. The Morgan fingerprint density at radius 1 is 1.07 bits per heavy atom. The van der Waals surface area contributed by atoms with E-state index in [1.807, 2.05) is 44.2 Å². The van der Waals surface area contributed by atoms with Crippen LogP contribution in [0.3, 0.4) is 0 Å². The third-order valence-corrected chi connectivity index (χ3v) is 5.20. The Kier molecular flexibility index (Phi) is 6.41. The lowest BCUT2D eigenvalue weighted by atomic mass is 10.0. The number of hydrogen-bond acceptors (Lipinski definition) is 5. The number of nitrogens with zero attached hydrogens (tertiary/aromatic N) is 1. The van der Waals surface area contributed by atoms with Crippen LogP contribution in [0.15, 0.2) is 36.4 Å². The van der Waals surface area contributed by atoms with Crippen LogP contribution in [0.2, 0.25) is 0 Å². The highest BCUT2D eigenvalue weighted by molar-refractivity contribution is 5.96. The van der Waals surface area contributed by atoms with Gasteiger partial charge in [0.25, 0.3) is 5.91 Å². The summed E-state index contributed by atoms with van der Waals surface area (Å²) in [6.07, 6.45) is 0. The van der Waals surface area contributed by atoms with E-state index in [1.165, 1.54) is 0 Å². The molecule has 1 aliphatic rings. The molecule has 2 aromatic carbocycles. The second-order valence-electron chi connectivity index (χ2n) is 7.05. The lowest BCUT2D eigenvalue weighted by Crippen LogP contribution is -2.43. The van der Waals surface area contributed by atoms with Crippen molar-refractivity contribution < 1.29 is 14.3 Å². The number of amides is 1. The molecule has 1 heterocycles. The monoisotopic (exact) mass is 383 g/mol. The maximum Gasteiger partial charge on any atom is 0.252 e. The van der Waals surface area contributed by atoms with Gasteiger partial charge in [-0.25, -0.2) is 0 Å². The van der Waals surface area contributed by atoms with Crippen molar-refractivity contribution in [3.8, 4) is 11.5 Å². The standard InChI is InChI=1S/C22H29N3O3/c1-15-5-7-18(25-11-9-23-10-12-25)14-19(15)22(26)24-16(2)17-6-8-20(27-3)21(13-17)28-4/h5-8,13-14,16,23H,9-12H2,1-4H3,(H,24,26)/t16-/m1/s1. The Hall–Kier alpha value is -2.73. The Balaban J connectivity index is 1.76. The van der Waals surface area contributed by atoms with Gasteiger partial charge in [0.05, 0.1) is 20.3 Å². The summed E-state index contributed by atoms with van der Waals surface area (Å²) >= 11 is 0. The van der Waals surface area contributed by atoms with Gasteiger partial charge in [-0.1, -0.05) is 12.1 Å². The second-order valence-corrected chi connectivity index (χ2v) is 7.05. The third kappa shape index (κ3) is 4.39. The van der Waals surface area contributed by atoms with Crippen molar-refractivity contribution in [1.29, 1.82) is 0 Å². The molecule has 3 rings (SSSR count). The number of nitrogens with one attached hydrogen (secondary N) is 2. The van der Waals surface area contributed by atoms with Crippen LogP contribution < -0.4 is 25.0 Å². The lowest BCUT2D eigenvalue weighted by Gasteiger charge is -2.30. The van der Waals surface area contributed by atoms with Crippen molar-refractivity contribution in [3.63, 3.8) is 0 Å². The molecular weight excluding hydrogens is 354 g/mol. The van der Waals surface area contributed by atoms with Crippen molar-refractivity contribution in [3.05, 3.63) is 53.1 Å². The molecule has 0 unspecified atom stereocenters. The summed E-state index contributed by atoms with van der Waals surface area (Å²) in [6.45, 7) is 7.77. The van der Waals surface area contributed by atoms with Crippen molar-refractivity contribution >= 4 is 11.6 Å². The van der Waals surface area contributed by atoms with Crippen LogP contribution in [0.25, 0.3) is 0 Å². The maximum atomic E-state index is 13.0. The molecule has 0 saturated carbocycles. The summed E-state index contributed by atoms with van der Waals surface area (Å²) in [5.74, 6) is 1.25. The minimum Gasteiger partial charge on any atom is -0.493 e. The molecule has 28 heavy (non-hydrogen) atoms. The number of methoxy groups -OCH3 is 2. The zero-order chi connectivity index (χ0) is 20.1. The van der Waals surface area contributed by atoms with E-state index in [9.17, 15) is 4.79 Å². The van der Waals surface area contributed by atoms with E-state index in [-0.39, 0.29) is 11.9 Å². The van der Waals surface area contributed by atoms with Crippen molar-refractivity contribution in [2.75, 3.05) is 45.3 Å². The van der Waals surface area contributed by atoms with Crippen LogP contribution in [0.5, 0.6) is 11.5 Å². The van der Waals surface area contributed by atoms with Crippen LogP contribution >= 0.6 is 0 Å². The SMILES string of the molecule is COc1ccc([C@@H](C)NC(=O)c2cc(N3CCNCC3)ccc2C)cc1OC. The molecular formula is C22H29N3O3. The number of piperazine rings is 1.